The zero-order valence-corrected chi connectivity index (χ0v) is 18.4. The Labute approximate surface area is 188 Å². The summed E-state index contributed by atoms with van der Waals surface area (Å²) < 4.78 is 12.4. The number of rotatable bonds is 8. The highest BCUT2D eigenvalue weighted by atomic mass is 35.5. The summed E-state index contributed by atoms with van der Waals surface area (Å²) in [6, 6.07) is 11.9. The summed E-state index contributed by atoms with van der Waals surface area (Å²) in [6.07, 6.45) is 1.53. The molecule has 9 nitrogen and oxygen atoms in total. The maximum Gasteiger partial charge on any atom is 0.269 e. The third kappa shape index (κ3) is 5.89. The van der Waals surface area contributed by atoms with Gasteiger partial charge < -0.3 is 9.47 Å². The molecule has 0 radical (unpaired) electrons. The van der Waals surface area contributed by atoms with E-state index in [1.54, 1.807) is 28.8 Å². The molecule has 2 N–H and O–H groups in total. The quantitative estimate of drug-likeness (QED) is 0.392. The van der Waals surface area contributed by atoms with Gasteiger partial charge in [-0.05, 0) is 43.3 Å². The van der Waals surface area contributed by atoms with Gasteiger partial charge in [0.05, 0.1) is 25.2 Å². The molecule has 162 valence electrons. The van der Waals surface area contributed by atoms with E-state index in [9.17, 15) is 9.59 Å². The minimum absolute atomic E-state index is 0.0200. The number of carbonyl (C=O) groups excluding carboxylic acids is 2. The average Bonchev–Trinajstić information content (AvgIpc) is 3.25. The number of thioether (sulfide) groups is 1. The van der Waals surface area contributed by atoms with Crippen LogP contribution >= 0.6 is 23.4 Å². The van der Waals surface area contributed by atoms with Gasteiger partial charge in [-0.1, -0.05) is 29.4 Å². The van der Waals surface area contributed by atoms with E-state index in [4.69, 9.17) is 21.1 Å². The Balaban J connectivity index is 1.54. The van der Waals surface area contributed by atoms with Crippen LogP contribution in [0.1, 0.15) is 17.3 Å². The molecule has 2 amide bonds. The van der Waals surface area contributed by atoms with Crippen molar-refractivity contribution in [2.24, 2.45) is 0 Å². The highest BCUT2D eigenvalue weighted by molar-refractivity contribution is 7.99. The highest BCUT2D eigenvalue weighted by Gasteiger charge is 2.14. The molecule has 0 unspecified atom stereocenters. The molecule has 0 saturated heterocycles. The number of methoxy groups -OCH3 is 1. The van der Waals surface area contributed by atoms with E-state index >= 15 is 0 Å². The lowest BCUT2D eigenvalue weighted by Crippen LogP contribution is -2.42. The molecule has 0 aliphatic rings. The minimum atomic E-state index is -0.484. The molecule has 0 fully saturated rings. The Bertz CT molecular complexity index is 1080. The summed E-state index contributed by atoms with van der Waals surface area (Å²) >= 11 is 7.20. The number of hydrogen-bond acceptors (Lipinski definition) is 7. The lowest BCUT2D eigenvalue weighted by molar-refractivity contribution is -0.119. The predicted octanol–water partition coefficient (Wildman–Crippen LogP) is 2.88. The summed E-state index contributed by atoms with van der Waals surface area (Å²) in [7, 11) is 1.49. The van der Waals surface area contributed by atoms with Gasteiger partial charge in [-0.3, -0.25) is 25.0 Å². The molecule has 0 atom stereocenters. The van der Waals surface area contributed by atoms with Gasteiger partial charge in [-0.2, -0.15) is 0 Å². The fraction of sp³-hybridized carbons (Fsp3) is 0.200. The first-order valence-corrected chi connectivity index (χ1v) is 10.6. The number of aromatic nitrogens is 3. The van der Waals surface area contributed by atoms with Gasteiger partial charge in [0.1, 0.15) is 6.33 Å². The van der Waals surface area contributed by atoms with E-state index in [-0.39, 0.29) is 5.75 Å². The van der Waals surface area contributed by atoms with Gasteiger partial charge in [0.15, 0.2) is 16.7 Å². The summed E-state index contributed by atoms with van der Waals surface area (Å²) in [6.45, 7) is 2.33. The fourth-order valence-corrected chi connectivity index (χ4v) is 3.49. The molecule has 3 aromatic rings. The van der Waals surface area contributed by atoms with Crippen LogP contribution in [0.15, 0.2) is 53.9 Å². The van der Waals surface area contributed by atoms with E-state index in [1.807, 2.05) is 19.1 Å². The largest absolute Gasteiger partial charge is 0.493 e. The van der Waals surface area contributed by atoms with Crippen LogP contribution in [-0.4, -0.2) is 46.0 Å². The third-order valence-corrected chi connectivity index (χ3v) is 5.15. The van der Waals surface area contributed by atoms with Crippen LogP contribution < -0.4 is 20.3 Å². The minimum Gasteiger partial charge on any atom is -0.493 e. The van der Waals surface area contributed by atoms with Crippen molar-refractivity contribution in [3.05, 3.63) is 59.4 Å². The third-order valence-electron chi connectivity index (χ3n) is 3.98. The van der Waals surface area contributed by atoms with E-state index < -0.39 is 11.8 Å². The van der Waals surface area contributed by atoms with E-state index in [0.717, 1.165) is 5.69 Å². The Morgan fingerprint density at radius 1 is 1.16 bits per heavy atom. The van der Waals surface area contributed by atoms with E-state index in [2.05, 4.69) is 21.0 Å². The molecule has 0 bridgehead atoms. The number of amides is 2. The van der Waals surface area contributed by atoms with Crippen molar-refractivity contribution in [3.8, 4) is 17.2 Å². The molecule has 3 rings (SSSR count). The molecule has 0 aliphatic heterocycles. The van der Waals surface area contributed by atoms with Gasteiger partial charge in [0, 0.05) is 10.6 Å². The standard InChI is InChI=1S/C20H20ClN5O4S/c1-3-30-16-8-7-13(9-17(16)29-2)19(28)24-23-18(27)11-31-20-25-22-12-26(20)15-6-4-5-14(21)10-15/h4-10,12H,3,11H2,1-2H3,(H,23,27)(H,24,28). The van der Waals surface area contributed by atoms with Crippen molar-refractivity contribution in [2.45, 2.75) is 12.1 Å². The lowest BCUT2D eigenvalue weighted by Gasteiger charge is -2.11. The smallest absolute Gasteiger partial charge is 0.269 e. The van der Waals surface area contributed by atoms with Crippen LogP contribution in [0, 0.1) is 0 Å². The summed E-state index contributed by atoms with van der Waals surface area (Å²) in [5.41, 5.74) is 5.85. The number of benzene rings is 2. The summed E-state index contributed by atoms with van der Waals surface area (Å²) in [5, 5.41) is 8.99. The van der Waals surface area contributed by atoms with Crippen molar-refractivity contribution in [1.82, 2.24) is 25.6 Å². The molecular weight excluding hydrogens is 442 g/mol. The molecule has 1 heterocycles. The molecule has 11 heteroatoms. The number of nitrogens with one attached hydrogen (secondary N) is 2. The topological polar surface area (TPSA) is 107 Å². The Kier molecular flexibility index (Phi) is 7.74. The van der Waals surface area contributed by atoms with Crippen molar-refractivity contribution in [1.29, 1.82) is 0 Å². The Morgan fingerprint density at radius 3 is 2.74 bits per heavy atom. The van der Waals surface area contributed by atoms with Gasteiger partial charge in [-0.15, -0.1) is 10.2 Å². The van der Waals surface area contributed by atoms with Crippen LogP contribution in [0.4, 0.5) is 0 Å². The zero-order chi connectivity index (χ0) is 22.2. The van der Waals surface area contributed by atoms with Gasteiger partial charge in [-0.25, -0.2) is 0 Å². The van der Waals surface area contributed by atoms with E-state index in [1.165, 1.54) is 31.3 Å². The second-order valence-electron chi connectivity index (χ2n) is 6.05. The maximum absolute atomic E-state index is 12.3. The molecule has 0 aliphatic carbocycles. The predicted molar refractivity (Wildman–Crippen MR) is 117 cm³/mol. The summed E-state index contributed by atoms with van der Waals surface area (Å²) in [5.74, 6) is 0.0906. The maximum atomic E-state index is 12.3. The first kappa shape index (κ1) is 22.4. The molecule has 31 heavy (non-hydrogen) atoms. The monoisotopic (exact) mass is 461 g/mol. The van der Waals surface area contributed by atoms with Gasteiger partial charge in [0.25, 0.3) is 5.91 Å². The van der Waals surface area contributed by atoms with Crippen molar-refractivity contribution in [3.63, 3.8) is 0 Å². The Hall–Kier alpha value is -3.24. The second-order valence-corrected chi connectivity index (χ2v) is 7.43. The number of hydrazine groups is 1. The first-order valence-electron chi connectivity index (χ1n) is 9.20. The Morgan fingerprint density at radius 2 is 2.00 bits per heavy atom. The van der Waals surface area contributed by atoms with Crippen molar-refractivity contribution < 1.29 is 19.1 Å². The van der Waals surface area contributed by atoms with Gasteiger partial charge >= 0.3 is 0 Å². The number of ether oxygens (including phenoxy) is 2. The fourth-order valence-electron chi connectivity index (χ4n) is 2.57. The average molecular weight is 462 g/mol. The molecule has 0 saturated carbocycles. The number of nitrogens with zero attached hydrogens (tertiary/aromatic N) is 3. The van der Waals surface area contributed by atoms with Crippen LogP contribution in [0.3, 0.4) is 0 Å². The molecule has 1 aromatic heterocycles. The molecular formula is C20H20ClN5O4S. The van der Waals surface area contributed by atoms with Crippen LogP contribution in [-0.2, 0) is 4.79 Å². The zero-order valence-electron chi connectivity index (χ0n) is 16.8. The molecule has 0 spiro atoms. The molecule has 2 aromatic carbocycles. The lowest BCUT2D eigenvalue weighted by atomic mass is 10.2. The van der Waals surface area contributed by atoms with Crippen molar-refractivity contribution in [2.75, 3.05) is 19.5 Å². The first-order chi connectivity index (χ1) is 15.0. The second kappa shape index (κ2) is 10.7. The SMILES string of the molecule is CCOc1ccc(C(=O)NNC(=O)CSc2nncn2-c2cccc(Cl)c2)cc1OC. The van der Waals surface area contributed by atoms with Crippen LogP contribution in [0.25, 0.3) is 5.69 Å². The van der Waals surface area contributed by atoms with Crippen molar-refractivity contribution >= 4 is 35.2 Å². The number of hydrogen-bond donors (Lipinski definition) is 2. The highest BCUT2D eigenvalue weighted by Crippen LogP contribution is 2.28. The number of carbonyl (C=O) groups is 2. The van der Waals surface area contributed by atoms with Gasteiger partial charge in [0.2, 0.25) is 5.91 Å². The number of halogens is 1. The van der Waals surface area contributed by atoms with Crippen LogP contribution in [0.5, 0.6) is 11.5 Å². The van der Waals surface area contributed by atoms with E-state index in [0.29, 0.717) is 33.8 Å². The normalized spacial score (nSPS) is 10.4. The van der Waals surface area contributed by atoms with Crippen LogP contribution in [0.2, 0.25) is 5.02 Å². The summed E-state index contributed by atoms with van der Waals surface area (Å²) in [4.78, 5) is 24.5.